The molecule has 3 nitrogen and oxygen atoms in total. The minimum atomic E-state index is -2.75. The molecule has 0 aliphatic carbocycles. The van der Waals surface area contributed by atoms with Gasteiger partial charge < -0.3 is 16.9 Å². The summed E-state index contributed by atoms with van der Waals surface area (Å²) in [5.74, 6) is 0.724. The molecule has 2 heterocycles. The van der Waals surface area contributed by atoms with E-state index in [1.165, 1.54) is 11.1 Å². The normalized spacial score (nSPS) is 24.0. The van der Waals surface area contributed by atoms with Gasteiger partial charge in [0.25, 0.3) is 0 Å². The number of rotatable bonds is 0. The van der Waals surface area contributed by atoms with Gasteiger partial charge >= 0.3 is 0 Å². The molecule has 0 bridgehead atoms. The lowest BCUT2D eigenvalue weighted by Crippen LogP contribution is -3.00. The van der Waals surface area contributed by atoms with Gasteiger partial charge in [-0.25, -0.2) is 8.42 Å². The van der Waals surface area contributed by atoms with E-state index in [4.69, 9.17) is 0 Å². The Bertz CT molecular complexity index is 486. The zero-order valence-electron chi connectivity index (χ0n) is 9.60. The molecule has 1 aromatic carbocycles. The Hall–Kier alpha value is -0.580. The summed E-state index contributed by atoms with van der Waals surface area (Å²) in [6, 6.07) is 8.49. The van der Waals surface area contributed by atoms with Crippen molar-refractivity contribution in [2.24, 2.45) is 0 Å². The summed E-state index contributed by atoms with van der Waals surface area (Å²) < 4.78 is 23.9. The molecule has 1 saturated heterocycles. The highest BCUT2D eigenvalue weighted by Gasteiger charge is 2.40. The van der Waals surface area contributed by atoms with E-state index in [2.05, 4.69) is 24.3 Å². The lowest BCUT2D eigenvalue weighted by atomic mass is 10.1. The molecule has 0 aromatic heterocycles. The van der Waals surface area contributed by atoms with Crippen LogP contribution in [0.2, 0.25) is 0 Å². The molecule has 5 heteroatoms. The van der Waals surface area contributed by atoms with Gasteiger partial charge in [-0.05, 0) is 0 Å². The topological polar surface area (TPSA) is 34.1 Å². The molecule has 2 aliphatic rings. The minimum absolute atomic E-state index is 0. The van der Waals surface area contributed by atoms with Crippen molar-refractivity contribution in [1.82, 2.24) is 0 Å². The van der Waals surface area contributed by atoms with Gasteiger partial charge in [-0.15, -0.1) is 0 Å². The van der Waals surface area contributed by atoms with E-state index in [0.717, 1.165) is 30.7 Å². The van der Waals surface area contributed by atoms with Crippen molar-refractivity contribution in [1.29, 1.82) is 0 Å². The monoisotopic (exact) mass is 273 g/mol. The Kier molecular flexibility index (Phi) is 3.23. The standard InChI is InChI=1S/C12H16NO2S.ClH/c14-16(15)7-5-13(6-8-16)9-11-3-1-2-4-12(11)10-13;/h1-4H,5-10H2;1H/q+1;/p-1. The number of hydrogen-bond acceptors (Lipinski definition) is 2. The van der Waals surface area contributed by atoms with E-state index in [0.29, 0.717) is 11.5 Å². The Labute approximate surface area is 108 Å². The molecule has 0 unspecified atom stereocenters. The molecule has 1 aromatic rings. The zero-order valence-corrected chi connectivity index (χ0v) is 11.2. The van der Waals surface area contributed by atoms with Crippen LogP contribution in [0.1, 0.15) is 11.1 Å². The first-order valence-electron chi connectivity index (χ1n) is 5.71. The SMILES string of the molecule is O=S1(=O)CC[N+]2(CC1)Cc1ccccc1C2.[Cl-]. The molecule has 2 aliphatic heterocycles. The maximum absolute atomic E-state index is 11.5. The van der Waals surface area contributed by atoms with Gasteiger partial charge in [-0.2, -0.15) is 0 Å². The molecular formula is C12H16ClNO2S. The van der Waals surface area contributed by atoms with Crippen molar-refractivity contribution in [2.75, 3.05) is 24.6 Å². The van der Waals surface area contributed by atoms with Crippen LogP contribution in [0.3, 0.4) is 0 Å². The number of sulfone groups is 1. The third kappa shape index (κ3) is 2.34. The predicted octanol–water partition coefficient (Wildman–Crippen LogP) is -2.05. The third-order valence-corrected chi connectivity index (χ3v) is 5.49. The molecule has 0 amide bonds. The molecule has 17 heavy (non-hydrogen) atoms. The van der Waals surface area contributed by atoms with E-state index < -0.39 is 9.84 Å². The highest BCUT2D eigenvalue weighted by atomic mass is 35.5. The Morgan fingerprint density at radius 3 is 1.88 bits per heavy atom. The van der Waals surface area contributed by atoms with Crippen LogP contribution in [0.5, 0.6) is 0 Å². The number of nitrogens with zero attached hydrogens (tertiary/aromatic N) is 1. The lowest BCUT2D eigenvalue weighted by Gasteiger charge is -2.37. The largest absolute Gasteiger partial charge is 1.00 e. The summed E-state index contributed by atoms with van der Waals surface area (Å²) in [5.41, 5.74) is 2.81. The molecule has 1 spiro atoms. The van der Waals surface area contributed by atoms with Crippen LogP contribution in [0.25, 0.3) is 0 Å². The molecule has 0 radical (unpaired) electrons. The fourth-order valence-corrected chi connectivity index (χ4v) is 4.38. The van der Waals surface area contributed by atoms with Gasteiger partial charge in [0.2, 0.25) is 0 Å². The van der Waals surface area contributed by atoms with E-state index in [-0.39, 0.29) is 12.4 Å². The number of fused-ring (bicyclic) bond motifs is 1. The molecule has 0 atom stereocenters. The second kappa shape index (κ2) is 4.26. The first-order valence-corrected chi connectivity index (χ1v) is 7.53. The van der Waals surface area contributed by atoms with Crippen LogP contribution in [0.15, 0.2) is 24.3 Å². The van der Waals surface area contributed by atoms with Crippen molar-refractivity contribution < 1.29 is 25.3 Å². The van der Waals surface area contributed by atoms with Gasteiger partial charge in [0.05, 0.1) is 24.6 Å². The van der Waals surface area contributed by atoms with E-state index in [1.807, 2.05) is 0 Å². The summed E-state index contributed by atoms with van der Waals surface area (Å²) in [6.07, 6.45) is 0. The first kappa shape index (κ1) is 12.9. The molecule has 0 N–H and O–H groups in total. The van der Waals surface area contributed by atoms with E-state index >= 15 is 0 Å². The molecule has 0 saturated carbocycles. The van der Waals surface area contributed by atoms with Crippen LogP contribution in [0, 0.1) is 0 Å². The second-order valence-electron chi connectivity index (χ2n) is 5.03. The average Bonchev–Trinajstić information content (AvgIpc) is 2.62. The van der Waals surface area contributed by atoms with E-state index in [9.17, 15) is 8.42 Å². The maximum atomic E-state index is 11.5. The molecule has 94 valence electrons. The van der Waals surface area contributed by atoms with Crippen molar-refractivity contribution in [3.8, 4) is 0 Å². The number of quaternary nitrogens is 1. The van der Waals surface area contributed by atoms with Crippen LogP contribution in [-0.2, 0) is 22.9 Å². The van der Waals surface area contributed by atoms with Crippen molar-refractivity contribution >= 4 is 9.84 Å². The van der Waals surface area contributed by atoms with Crippen LogP contribution in [0.4, 0.5) is 0 Å². The lowest BCUT2D eigenvalue weighted by molar-refractivity contribution is -0.944. The number of halogens is 1. The van der Waals surface area contributed by atoms with Crippen molar-refractivity contribution in [2.45, 2.75) is 13.1 Å². The summed E-state index contributed by atoms with van der Waals surface area (Å²) in [5, 5.41) is 0. The van der Waals surface area contributed by atoms with Crippen molar-refractivity contribution in [3.05, 3.63) is 35.4 Å². The van der Waals surface area contributed by atoms with Crippen LogP contribution >= 0.6 is 0 Å². The Morgan fingerprint density at radius 2 is 1.41 bits per heavy atom. The smallest absolute Gasteiger partial charge is 0.161 e. The van der Waals surface area contributed by atoms with Gasteiger partial charge in [0.1, 0.15) is 13.1 Å². The molecule has 3 rings (SSSR count). The van der Waals surface area contributed by atoms with E-state index in [1.54, 1.807) is 0 Å². The highest BCUT2D eigenvalue weighted by molar-refractivity contribution is 7.91. The number of hydrogen-bond donors (Lipinski definition) is 0. The number of benzene rings is 1. The van der Waals surface area contributed by atoms with Crippen molar-refractivity contribution in [3.63, 3.8) is 0 Å². The van der Waals surface area contributed by atoms with Crippen LogP contribution < -0.4 is 12.4 Å². The first-order chi connectivity index (χ1) is 7.59. The molecular weight excluding hydrogens is 258 g/mol. The summed E-state index contributed by atoms with van der Waals surface area (Å²) in [4.78, 5) is 0. The minimum Gasteiger partial charge on any atom is -1.00 e. The van der Waals surface area contributed by atoms with Gasteiger partial charge in [-0.1, -0.05) is 24.3 Å². The summed E-state index contributed by atoms with van der Waals surface area (Å²) >= 11 is 0. The van der Waals surface area contributed by atoms with Gasteiger partial charge in [0, 0.05) is 11.1 Å². The zero-order chi connectivity index (χ0) is 11.2. The highest BCUT2D eigenvalue weighted by Crippen LogP contribution is 2.31. The van der Waals surface area contributed by atoms with Gasteiger partial charge in [0.15, 0.2) is 9.84 Å². The predicted molar refractivity (Wildman–Crippen MR) is 62.5 cm³/mol. The van der Waals surface area contributed by atoms with Gasteiger partial charge in [-0.3, -0.25) is 0 Å². The maximum Gasteiger partial charge on any atom is 0.161 e. The quantitative estimate of drug-likeness (QED) is 0.510. The second-order valence-corrected chi connectivity index (χ2v) is 7.33. The van der Waals surface area contributed by atoms with Crippen LogP contribution in [-0.4, -0.2) is 37.5 Å². The summed E-state index contributed by atoms with van der Waals surface area (Å²) in [7, 11) is -2.75. The fraction of sp³-hybridized carbons (Fsp3) is 0.500. The molecule has 1 fully saturated rings. The third-order valence-electron chi connectivity index (χ3n) is 3.88. The Balaban J connectivity index is 0.00000108. The fourth-order valence-electron chi connectivity index (χ4n) is 2.84. The summed E-state index contributed by atoms with van der Waals surface area (Å²) in [6.45, 7) is 3.62. The Morgan fingerprint density at radius 1 is 0.941 bits per heavy atom. The average molecular weight is 274 g/mol.